The summed E-state index contributed by atoms with van der Waals surface area (Å²) in [6, 6.07) is 0.680. The van der Waals surface area contributed by atoms with Crippen LogP contribution in [0.4, 0.5) is 0 Å². The van der Waals surface area contributed by atoms with Crippen molar-refractivity contribution >= 4 is 5.97 Å². The molecular weight excluding hydrogens is 262 g/mol. The highest BCUT2D eigenvalue weighted by molar-refractivity contribution is 5.74. The number of rotatable bonds is 3. The van der Waals surface area contributed by atoms with Gasteiger partial charge in [-0.05, 0) is 70.3 Å². The zero-order valence-corrected chi connectivity index (χ0v) is 14.3. The highest BCUT2D eigenvalue weighted by Gasteiger charge is 2.40. The molecule has 0 aromatic heterocycles. The Morgan fingerprint density at radius 2 is 1.86 bits per heavy atom. The summed E-state index contributed by atoms with van der Waals surface area (Å²) in [5.41, 5.74) is -0.104. The molecule has 2 unspecified atom stereocenters. The van der Waals surface area contributed by atoms with Gasteiger partial charge in [-0.3, -0.25) is 4.79 Å². The van der Waals surface area contributed by atoms with Crippen LogP contribution in [0.2, 0.25) is 0 Å². The van der Waals surface area contributed by atoms with Gasteiger partial charge in [-0.15, -0.1) is 0 Å². The van der Waals surface area contributed by atoms with Gasteiger partial charge in [-0.2, -0.15) is 0 Å². The number of hydrogen-bond donors (Lipinski definition) is 1. The molecule has 2 fully saturated rings. The third-order valence-electron chi connectivity index (χ3n) is 6.09. The van der Waals surface area contributed by atoms with Gasteiger partial charge in [0, 0.05) is 12.6 Å². The number of aliphatic carboxylic acids is 1. The van der Waals surface area contributed by atoms with Crippen LogP contribution < -0.4 is 0 Å². The number of hydrogen-bond acceptors (Lipinski definition) is 2. The second-order valence-electron chi connectivity index (χ2n) is 8.61. The van der Waals surface area contributed by atoms with E-state index in [1.54, 1.807) is 0 Å². The average Bonchev–Trinajstić information content (AvgIpc) is 2.59. The average molecular weight is 295 g/mol. The molecule has 0 aromatic carbocycles. The Morgan fingerprint density at radius 3 is 2.52 bits per heavy atom. The fraction of sp³-hybridized carbons (Fsp3) is 0.944. The molecule has 1 aliphatic carbocycles. The van der Waals surface area contributed by atoms with Gasteiger partial charge >= 0.3 is 5.97 Å². The van der Waals surface area contributed by atoms with E-state index in [4.69, 9.17) is 0 Å². The van der Waals surface area contributed by atoms with Crippen LogP contribution in [0, 0.1) is 16.7 Å². The molecule has 0 radical (unpaired) electrons. The molecule has 0 bridgehead atoms. The molecule has 0 spiro atoms. The van der Waals surface area contributed by atoms with Crippen molar-refractivity contribution in [3.8, 4) is 0 Å². The van der Waals surface area contributed by atoms with Crippen molar-refractivity contribution in [2.75, 3.05) is 13.1 Å². The summed E-state index contributed by atoms with van der Waals surface area (Å²) in [4.78, 5) is 14.1. The van der Waals surface area contributed by atoms with Crippen LogP contribution >= 0.6 is 0 Å². The Kier molecular flexibility index (Phi) is 5.02. The summed E-state index contributed by atoms with van der Waals surface area (Å²) in [5, 5.41) is 9.49. The molecule has 1 N–H and O–H groups in total. The molecular formula is C18H33NO2. The predicted molar refractivity (Wildman–Crippen MR) is 86.4 cm³/mol. The summed E-state index contributed by atoms with van der Waals surface area (Å²) in [6.07, 6.45) is 8.76. The summed E-state index contributed by atoms with van der Waals surface area (Å²) in [5.74, 6) is -0.351. The van der Waals surface area contributed by atoms with Crippen LogP contribution in [0.25, 0.3) is 0 Å². The van der Waals surface area contributed by atoms with E-state index >= 15 is 0 Å². The first-order valence-corrected chi connectivity index (χ1v) is 8.70. The van der Waals surface area contributed by atoms with Gasteiger partial charge in [-0.1, -0.05) is 20.3 Å². The van der Waals surface area contributed by atoms with Gasteiger partial charge in [0.1, 0.15) is 0 Å². The first-order valence-electron chi connectivity index (χ1n) is 8.70. The molecule has 2 rings (SSSR count). The molecule has 2 aliphatic rings. The van der Waals surface area contributed by atoms with E-state index in [-0.39, 0.29) is 0 Å². The summed E-state index contributed by atoms with van der Waals surface area (Å²) in [6.45, 7) is 10.7. The van der Waals surface area contributed by atoms with Crippen LogP contribution in [0.1, 0.15) is 72.6 Å². The maximum absolute atomic E-state index is 11.5. The van der Waals surface area contributed by atoms with Gasteiger partial charge in [-0.25, -0.2) is 0 Å². The monoisotopic (exact) mass is 295 g/mol. The summed E-state index contributed by atoms with van der Waals surface area (Å²) >= 11 is 0. The quantitative estimate of drug-likeness (QED) is 0.794. The van der Waals surface area contributed by atoms with Gasteiger partial charge < -0.3 is 10.0 Å². The fourth-order valence-corrected chi connectivity index (χ4v) is 4.11. The van der Waals surface area contributed by atoms with Gasteiger partial charge in [0.25, 0.3) is 0 Å². The van der Waals surface area contributed by atoms with Crippen LogP contribution in [-0.2, 0) is 4.79 Å². The van der Waals surface area contributed by atoms with E-state index in [9.17, 15) is 9.90 Å². The molecule has 2 atom stereocenters. The lowest BCUT2D eigenvalue weighted by Crippen LogP contribution is -2.48. The largest absolute Gasteiger partial charge is 0.481 e. The third kappa shape index (κ3) is 4.00. The Balaban J connectivity index is 1.99. The van der Waals surface area contributed by atoms with Crippen molar-refractivity contribution < 1.29 is 9.90 Å². The van der Waals surface area contributed by atoms with Crippen molar-refractivity contribution in [2.45, 2.75) is 78.7 Å². The minimum atomic E-state index is -0.642. The number of carboxylic acid groups (broad SMARTS) is 1. The van der Waals surface area contributed by atoms with Crippen LogP contribution in [0.15, 0.2) is 0 Å². The van der Waals surface area contributed by atoms with Crippen molar-refractivity contribution in [2.24, 2.45) is 16.7 Å². The van der Waals surface area contributed by atoms with Gasteiger partial charge in [0.2, 0.25) is 0 Å². The first kappa shape index (κ1) is 16.8. The molecule has 3 heteroatoms. The second-order valence-corrected chi connectivity index (χ2v) is 8.61. The lowest BCUT2D eigenvalue weighted by atomic mass is 9.74. The van der Waals surface area contributed by atoms with Crippen LogP contribution in [0.5, 0.6) is 0 Å². The third-order valence-corrected chi connectivity index (χ3v) is 6.09. The zero-order chi connectivity index (χ0) is 15.7. The van der Waals surface area contributed by atoms with E-state index in [0.717, 1.165) is 25.9 Å². The molecule has 1 aliphatic heterocycles. The number of likely N-dealkylation sites (tertiary alicyclic amines) is 1. The van der Waals surface area contributed by atoms with Crippen LogP contribution in [0.3, 0.4) is 0 Å². The van der Waals surface area contributed by atoms with E-state index in [0.29, 0.717) is 17.4 Å². The van der Waals surface area contributed by atoms with Crippen molar-refractivity contribution in [3.63, 3.8) is 0 Å². The van der Waals surface area contributed by atoms with Gasteiger partial charge in [0.15, 0.2) is 0 Å². The maximum Gasteiger partial charge on any atom is 0.309 e. The molecule has 1 heterocycles. The Hall–Kier alpha value is -0.570. The highest BCUT2D eigenvalue weighted by atomic mass is 16.4. The Bertz CT molecular complexity index is 375. The molecule has 3 nitrogen and oxygen atoms in total. The molecule has 1 saturated carbocycles. The van der Waals surface area contributed by atoms with Crippen molar-refractivity contribution in [1.29, 1.82) is 0 Å². The normalized spacial score (nSPS) is 31.6. The second kappa shape index (κ2) is 6.28. The summed E-state index contributed by atoms with van der Waals surface area (Å²) in [7, 11) is 0. The molecule has 0 amide bonds. The maximum atomic E-state index is 11.5. The topological polar surface area (TPSA) is 40.5 Å². The highest BCUT2D eigenvalue weighted by Crippen LogP contribution is 2.39. The Labute approximate surface area is 130 Å². The van der Waals surface area contributed by atoms with E-state index in [1.165, 1.54) is 32.1 Å². The number of carboxylic acids is 1. The van der Waals surface area contributed by atoms with Gasteiger partial charge in [0.05, 0.1) is 5.41 Å². The predicted octanol–water partition coefficient (Wildman–Crippen LogP) is 4.17. The molecule has 0 aromatic rings. The lowest BCUT2D eigenvalue weighted by molar-refractivity contribution is -0.151. The van der Waals surface area contributed by atoms with E-state index in [2.05, 4.69) is 18.7 Å². The Morgan fingerprint density at radius 1 is 1.14 bits per heavy atom. The number of nitrogens with zero attached hydrogens (tertiary/aromatic N) is 1. The van der Waals surface area contributed by atoms with E-state index < -0.39 is 11.4 Å². The van der Waals surface area contributed by atoms with Crippen molar-refractivity contribution in [1.82, 2.24) is 4.90 Å². The number of carbonyl (C=O) groups is 1. The summed E-state index contributed by atoms with van der Waals surface area (Å²) < 4.78 is 0. The first-order chi connectivity index (χ1) is 9.72. The molecule has 1 saturated heterocycles. The van der Waals surface area contributed by atoms with E-state index in [1.807, 2.05) is 13.8 Å². The minimum absolute atomic E-state index is 0.292. The molecule has 122 valence electrons. The van der Waals surface area contributed by atoms with Crippen LogP contribution in [-0.4, -0.2) is 35.1 Å². The zero-order valence-electron chi connectivity index (χ0n) is 14.3. The standard InChI is InChI=1S/C18H33NO2/c1-17(2)10-5-8-15(9-11-17)19-12-6-7-14(13-19)18(3,4)16(20)21/h14-15H,5-13H2,1-4H3,(H,20,21). The SMILES string of the molecule is CC1(C)CCCC(N2CCCC(C(C)(C)C(=O)O)C2)CC1. The fourth-order valence-electron chi connectivity index (χ4n) is 4.11. The van der Waals surface area contributed by atoms with Crippen molar-refractivity contribution in [3.05, 3.63) is 0 Å². The minimum Gasteiger partial charge on any atom is -0.481 e. The molecule has 21 heavy (non-hydrogen) atoms. The lowest BCUT2D eigenvalue weighted by Gasteiger charge is -2.42. The number of piperidine rings is 1. The smallest absolute Gasteiger partial charge is 0.309 e.